The van der Waals surface area contributed by atoms with Crippen molar-refractivity contribution < 1.29 is 9.53 Å². The van der Waals surface area contributed by atoms with E-state index in [9.17, 15) is 4.79 Å². The number of nitrogens with one attached hydrogen (secondary N) is 1. The zero-order chi connectivity index (χ0) is 22.0. The predicted molar refractivity (Wildman–Crippen MR) is 125 cm³/mol. The molecule has 31 heavy (non-hydrogen) atoms. The first-order chi connectivity index (χ1) is 14.8. The highest BCUT2D eigenvalue weighted by atomic mass is 16.6. The number of alkyl carbamates (subject to hydrolysis) is 1. The molecule has 1 saturated heterocycles. The number of aromatic nitrogens is 2. The Kier molecular flexibility index (Phi) is 5.90. The van der Waals surface area contributed by atoms with E-state index in [0.717, 1.165) is 49.5 Å². The molecule has 1 N–H and O–H groups in total. The van der Waals surface area contributed by atoms with Crippen LogP contribution in [0.1, 0.15) is 44.7 Å². The van der Waals surface area contributed by atoms with Crippen molar-refractivity contribution >= 4 is 23.1 Å². The third kappa shape index (κ3) is 5.01. The number of rotatable bonds is 4. The lowest BCUT2D eigenvalue weighted by Crippen LogP contribution is -2.49. The Morgan fingerprint density at radius 1 is 1.16 bits per heavy atom. The van der Waals surface area contributed by atoms with Crippen LogP contribution in [0.5, 0.6) is 0 Å². The predicted octanol–water partition coefficient (Wildman–Crippen LogP) is 4.89. The average molecular weight is 421 g/mol. The molecule has 2 aromatic carbocycles. The number of ether oxygens (including phenoxy) is 1. The molecule has 6 heteroatoms. The first-order valence-corrected chi connectivity index (χ1v) is 11.0. The van der Waals surface area contributed by atoms with E-state index in [1.807, 2.05) is 26.8 Å². The van der Waals surface area contributed by atoms with E-state index < -0.39 is 5.60 Å². The number of hydrogen-bond donors (Lipinski definition) is 1. The number of piperidine rings is 1. The fraction of sp³-hybridized carbons (Fsp3) is 0.440. The molecule has 4 rings (SSSR count). The summed E-state index contributed by atoms with van der Waals surface area (Å²) in [5, 5.41) is 3.05. The van der Waals surface area contributed by atoms with Crippen LogP contribution in [0.25, 0.3) is 11.0 Å². The first kappa shape index (κ1) is 21.2. The Balaban J connectivity index is 1.60. The minimum absolute atomic E-state index is 0.0373. The minimum atomic E-state index is -0.500. The van der Waals surface area contributed by atoms with Crippen LogP contribution in [0.2, 0.25) is 0 Å². The summed E-state index contributed by atoms with van der Waals surface area (Å²) in [5.41, 5.74) is 4.18. The highest BCUT2D eigenvalue weighted by Gasteiger charge is 2.27. The highest BCUT2D eigenvalue weighted by Crippen LogP contribution is 2.27. The van der Waals surface area contributed by atoms with Gasteiger partial charge in [0.1, 0.15) is 5.60 Å². The van der Waals surface area contributed by atoms with Crippen molar-refractivity contribution in [2.24, 2.45) is 0 Å². The maximum absolute atomic E-state index is 12.3. The fourth-order valence-electron chi connectivity index (χ4n) is 4.17. The summed E-state index contributed by atoms with van der Waals surface area (Å²) in [6.45, 7) is 10.2. The highest BCUT2D eigenvalue weighted by molar-refractivity contribution is 5.79. The van der Waals surface area contributed by atoms with Crippen molar-refractivity contribution in [3.63, 3.8) is 0 Å². The van der Waals surface area contributed by atoms with Gasteiger partial charge >= 0.3 is 6.09 Å². The van der Waals surface area contributed by atoms with Gasteiger partial charge in [-0.05, 0) is 63.8 Å². The molecule has 1 fully saturated rings. The zero-order valence-corrected chi connectivity index (χ0v) is 18.9. The number of anilines is 1. The van der Waals surface area contributed by atoms with Crippen LogP contribution in [-0.4, -0.2) is 40.4 Å². The Labute approximate surface area is 184 Å². The summed E-state index contributed by atoms with van der Waals surface area (Å²) in [6.07, 6.45) is 1.58. The molecule has 0 saturated carbocycles. The van der Waals surface area contributed by atoms with Gasteiger partial charge in [0, 0.05) is 19.1 Å². The Hall–Kier alpha value is -3.02. The number of aryl methyl sites for hydroxylation is 1. The van der Waals surface area contributed by atoms with Gasteiger partial charge in [0.05, 0.1) is 17.6 Å². The molecular formula is C25H32N4O2. The number of fused-ring (bicyclic) bond motifs is 1. The van der Waals surface area contributed by atoms with Gasteiger partial charge in [-0.1, -0.05) is 36.4 Å². The molecule has 0 spiro atoms. The van der Waals surface area contributed by atoms with Crippen molar-refractivity contribution in [1.29, 1.82) is 0 Å². The van der Waals surface area contributed by atoms with Crippen LogP contribution in [0.15, 0.2) is 48.5 Å². The smallest absolute Gasteiger partial charge is 0.407 e. The first-order valence-electron chi connectivity index (χ1n) is 11.0. The van der Waals surface area contributed by atoms with Gasteiger partial charge in [-0.15, -0.1) is 0 Å². The van der Waals surface area contributed by atoms with Crippen LogP contribution in [0, 0.1) is 6.92 Å². The Morgan fingerprint density at radius 3 is 2.68 bits per heavy atom. The zero-order valence-electron chi connectivity index (χ0n) is 18.9. The van der Waals surface area contributed by atoms with Crippen molar-refractivity contribution in [2.75, 3.05) is 18.0 Å². The fourth-order valence-corrected chi connectivity index (χ4v) is 4.17. The summed E-state index contributed by atoms with van der Waals surface area (Å²) in [5.74, 6) is 0.958. The second kappa shape index (κ2) is 8.61. The number of para-hydroxylation sites is 2. The van der Waals surface area contributed by atoms with Gasteiger partial charge in [-0.2, -0.15) is 0 Å². The van der Waals surface area contributed by atoms with Crippen molar-refractivity contribution in [3.05, 3.63) is 59.7 Å². The van der Waals surface area contributed by atoms with Crippen molar-refractivity contribution in [2.45, 2.75) is 58.7 Å². The maximum Gasteiger partial charge on any atom is 0.407 e. The van der Waals surface area contributed by atoms with E-state index in [1.165, 1.54) is 11.1 Å². The molecule has 0 unspecified atom stereocenters. The molecule has 0 bridgehead atoms. The molecule has 1 aliphatic heterocycles. The van der Waals surface area contributed by atoms with Gasteiger partial charge in [0.2, 0.25) is 5.95 Å². The largest absolute Gasteiger partial charge is 0.444 e. The summed E-state index contributed by atoms with van der Waals surface area (Å²) in [4.78, 5) is 19.6. The maximum atomic E-state index is 12.3. The Morgan fingerprint density at radius 2 is 1.90 bits per heavy atom. The lowest BCUT2D eigenvalue weighted by Gasteiger charge is -2.34. The number of imidazole rings is 1. The van der Waals surface area contributed by atoms with Crippen molar-refractivity contribution in [1.82, 2.24) is 14.9 Å². The van der Waals surface area contributed by atoms with Gasteiger partial charge in [-0.25, -0.2) is 9.78 Å². The third-order valence-electron chi connectivity index (χ3n) is 5.65. The molecular weight excluding hydrogens is 388 g/mol. The van der Waals surface area contributed by atoms with Gasteiger partial charge in [0.15, 0.2) is 0 Å². The normalized spacial score (nSPS) is 17.0. The van der Waals surface area contributed by atoms with Crippen LogP contribution in [0.3, 0.4) is 0 Å². The minimum Gasteiger partial charge on any atom is -0.444 e. The molecule has 164 valence electrons. The van der Waals surface area contributed by atoms with E-state index in [2.05, 4.69) is 64.2 Å². The number of carbonyl (C=O) groups excluding carboxylic acids is 1. The lowest BCUT2D eigenvalue weighted by molar-refractivity contribution is 0.0500. The second-order valence-electron chi connectivity index (χ2n) is 9.34. The van der Waals surface area contributed by atoms with Crippen LogP contribution >= 0.6 is 0 Å². The van der Waals surface area contributed by atoms with Gasteiger partial charge in [0.25, 0.3) is 0 Å². The van der Waals surface area contributed by atoms with E-state index in [0.29, 0.717) is 0 Å². The molecule has 1 aromatic heterocycles. The second-order valence-corrected chi connectivity index (χ2v) is 9.34. The molecule has 0 radical (unpaired) electrons. The summed E-state index contributed by atoms with van der Waals surface area (Å²) >= 11 is 0. The quantitative estimate of drug-likeness (QED) is 0.653. The molecule has 1 amide bonds. The summed E-state index contributed by atoms with van der Waals surface area (Å²) < 4.78 is 7.76. The molecule has 6 nitrogen and oxygen atoms in total. The number of nitrogens with zero attached hydrogens (tertiary/aromatic N) is 3. The van der Waals surface area contributed by atoms with E-state index in [1.54, 1.807) is 0 Å². The average Bonchev–Trinajstić information content (AvgIpc) is 3.07. The van der Waals surface area contributed by atoms with E-state index in [4.69, 9.17) is 9.72 Å². The third-order valence-corrected chi connectivity index (χ3v) is 5.65. The number of carbonyl (C=O) groups is 1. The molecule has 1 atom stereocenters. The topological polar surface area (TPSA) is 59.4 Å². The molecule has 0 aliphatic carbocycles. The number of benzene rings is 2. The number of hydrogen-bond acceptors (Lipinski definition) is 4. The monoisotopic (exact) mass is 420 g/mol. The van der Waals surface area contributed by atoms with Gasteiger partial charge < -0.3 is 19.5 Å². The van der Waals surface area contributed by atoms with Crippen molar-refractivity contribution in [3.8, 4) is 0 Å². The standard InChI is InChI=1S/C25H32N4O2/c1-18-10-5-6-11-19(18)16-29-22-14-8-7-13-21(22)27-23(29)28-15-9-12-20(17-28)26-24(30)31-25(2,3)4/h5-8,10-11,13-14,20H,9,12,15-17H2,1-4H3,(H,26,30)/t20-/m1/s1. The molecule has 1 aliphatic rings. The molecule has 2 heterocycles. The van der Waals surface area contributed by atoms with E-state index >= 15 is 0 Å². The Bertz CT molecular complexity index is 1070. The SMILES string of the molecule is Cc1ccccc1Cn1c(N2CCC[C@@H](NC(=O)OC(C)(C)C)C2)nc2ccccc21. The van der Waals surface area contributed by atoms with E-state index in [-0.39, 0.29) is 12.1 Å². The van der Waals surface area contributed by atoms with Crippen LogP contribution in [-0.2, 0) is 11.3 Å². The number of amides is 1. The molecule has 3 aromatic rings. The summed E-state index contributed by atoms with van der Waals surface area (Å²) in [6, 6.07) is 16.8. The lowest BCUT2D eigenvalue weighted by atomic mass is 10.1. The summed E-state index contributed by atoms with van der Waals surface area (Å²) in [7, 11) is 0. The van der Waals surface area contributed by atoms with Gasteiger partial charge in [-0.3, -0.25) is 0 Å². The van der Waals surface area contributed by atoms with Crippen LogP contribution < -0.4 is 10.2 Å². The van der Waals surface area contributed by atoms with Crippen LogP contribution in [0.4, 0.5) is 10.7 Å².